The Morgan fingerprint density at radius 1 is 1.52 bits per heavy atom. The molecule has 0 spiro atoms. The molecule has 1 N–H and O–H groups in total. The molecule has 112 valence electrons. The Morgan fingerprint density at radius 3 is 2.90 bits per heavy atom. The minimum atomic E-state index is -0.717. The fourth-order valence-corrected chi connectivity index (χ4v) is 2.58. The number of aryl methyl sites for hydroxylation is 1. The molecule has 2 rings (SSSR count). The van der Waals surface area contributed by atoms with Crippen molar-refractivity contribution in [3.8, 4) is 10.8 Å². The van der Waals surface area contributed by atoms with E-state index in [2.05, 4.69) is 10.3 Å². The summed E-state index contributed by atoms with van der Waals surface area (Å²) in [6.07, 6.45) is 1.55. The van der Waals surface area contributed by atoms with E-state index < -0.39 is 17.9 Å². The lowest BCUT2D eigenvalue weighted by atomic mass is 10.3. The average Bonchev–Trinajstić information content (AvgIpc) is 3.07. The zero-order valence-corrected chi connectivity index (χ0v) is 12.8. The third kappa shape index (κ3) is 3.49. The van der Waals surface area contributed by atoms with E-state index in [-0.39, 0.29) is 6.61 Å². The van der Waals surface area contributed by atoms with Gasteiger partial charge in [0.25, 0.3) is 5.91 Å². The van der Waals surface area contributed by atoms with Gasteiger partial charge in [-0.15, -0.1) is 11.3 Å². The van der Waals surface area contributed by atoms with Crippen molar-refractivity contribution in [2.45, 2.75) is 26.8 Å². The fourth-order valence-electron chi connectivity index (χ4n) is 1.70. The Bertz CT molecular complexity index is 633. The van der Waals surface area contributed by atoms with Crippen LogP contribution in [-0.2, 0) is 9.53 Å². The Kier molecular flexibility index (Phi) is 4.74. The van der Waals surface area contributed by atoms with Crippen LogP contribution in [0.15, 0.2) is 22.8 Å². The van der Waals surface area contributed by atoms with Gasteiger partial charge in [-0.2, -0.15) is 0 Å². The van der Waals surface area contributed by atoms with Crippen LogP contribution in [0.3, 0.4) is 0 Å². The predicted octanol–water partition coefficient (Wildman–Crippen LogP) is 2.39. The number of aromatic nitrogens is 1. The number of thiazole rings is 1. The summed E-state index contributed by atoms with van der Waals surface area (Å²) in [6, 6.07) is 2.82. The third-order valence-electron chi connectivity index (χ3n) is 2.73. The van der Waals surface area contributed by atoms with Crippen molar-refractivity contribution in [2.75, 3.05) is 6.61 Å². The van der Waals surface area contributed by atoms with Gasteiger partial charge in [-0.05, 0) is 32.9 Å². The van der Waals surface area contributed by atoms with Crippen LogP contribution < -0.4 is 5.32 Å². The summed E-state index contributed by atoms with van der Waals surface area (Å²) in [4.78, 5) is 28.7. The topological polar surface area (TPSA) is 81.4 Å². The van der Waals surface area contributed by atoms with Crippen LogP contribution in [-0.4, -0.2) is 29.5 Å². The van der Waals surface area contributed by atoms with Gasteiger partial charge in [0.05, 0.1) is 12.9 Å². The summed E-state index contributed by atoms with van der Waals surface area (Å²) in [7, 11) is 0. The lowest BCUT2D eigenvalue weighted by Crippen LogP contribution is -2.39. The molecule has 2 aromatic heterocycles. The highest BCUT2D eigenvalue weighted by molar-refractivity contribution is 7.15. The van der Waals surface area contributed by atoms with Crippen molar-refractivity contribution in [2.24, 2.45) is 0 Å². The highest BCUT2D eigenvalue weighted by Gasteiger charge is 2.22. The third-order valence-corrected chi connectivity index (χ3v) is 3.72. The number of amides is 1. The number of carbonyl (C=O) groups excluding carboxylic acids is 2. The van der Waals surface area contributed by atoms with Crippen molar-refractivity contribution >= 4 is 23.2 Å². The number of carbonyl (C=O) groups is 2. The standard InChI is InChI=1S/C14H16N2O4S/c1-4-19-14(18)8(2)15-12(17)11-9(3)21-13(16-11)10-6-5-7-20-10/h5-8H,4H2,1-3H3,(H,15,17). The summed E-state index contributed by atoms with van der Waals surface area (Å²) >= 11 is 1.36. The molecule has 1 unspecified atom stereocenters. The van der Waals surface area contributed by atoms with Gasteiger partial charge >= 0.3 is 5.97 Å². The normalized spacial score (nSPS) is 12.0. The van der Waals surface area contributed by atoms with Gasteiger partial charge in [0, 0.05) is 4.88 Å². The molecule has 0 saturated carbocycles. The number of hydrogen-bond donors (Lipinski definition) is 1. The second kappa shape index (κ2) is 6.53. The molecule has 21 heavy (non-hydrogen) atoms. The van der Waals surface area contributed by atoms with Crippen molar-refractivity contribution in [1.29, 1.82) is 0 Å². The average molecular weight is 308 g/mol. The zero-order valence-electron chi connectivity index (χ0n) is 12.0. The molecule has 1 atom stereocenters. The highest BCUT2D eigenvalue weighted by atomic mass is 32.1. The number of rotatable bonds is 5. The molecule has 1 amide bonds. The van der Waals surface area contributed by atoms with Gasteiger partial charge in [-0.25, -0.2) is 9.78 Å². The molecular weight excluding hydrogens is 292 g/mol. The maximum absolute atomic E-state index is 12.2. The number of furan rings is 1. The van der Waals surface area contributed by atoms with E-state index in [1.54, 1.807) is 39.2 Å². The minimum Gasteiger partial charge on any atom is -0.464 e. The molecule has 2 heterocycles. The Morgan fingerprint density at radius 2 is 2.29 bits per heavy atom. The van der Waals surface area contributed by atoms with E-state index in [1.165, 1.54) is 11.3 Å². The summed E-state index contributed by atoms with van der Waals surface area (Å²) in [5.74, 6) is -0.257. The lowest BCUT2D eigenvalue weighted by molar-refractivity contribution is -0.144. The first-order valence-corrected chi connectivity index (χ1v) is 7.33. The maximum Gasteiger partial charge on any atom is 0.328 e. The molecule has 0 aliphatic carbocycles. The molecule has 0 fully saturated rings. The molecule has 0 aliphatic heterocycles. The second-order valence-electron chi connectivity index (χ2n) is 4.35. The van der Waals surface area contributed by atoms with E-state index in [0.29, 0.717) is 16.5 Å². The number of ether oxygens (including phenoxy) is 1. The van der Waals surface area contributed by atoms with Gasteiger partial charge in [-0.1, -0.05) is 0 Å². The van der Waals surface area contributed by atoms with Crippen molar-refractivity contribution in [3.63, 3.8) is 0 Å². The molecular formula is C14H16N2O4S. The van der Waals surface area contributed by atoms with Crippen molar-refractivity contribution in [3.05, 3.63) is 29.0 Å². The van der Waals surface area contributed by atoms with Crippen LogP contribution >= 0.6 is 11.3 Å². The maximum atomic E-state index is 12.2. The quantitative estimate of drug-likeness (QED) is 0.858. The summed E-state index contributed by atoms with van der Waals surface area (Å²) in [5, 5.41) is 3.21. The molecule has 7 heteroatoms. The molecule has 0 saturated heterocycles. The molecule has 2 aromatic rings. The lowest BCUT2D eigenvalue weighted by Gasteiger charge is -2.11. The Labute approximate surface area is 126 Å². The van der Waals surface area contributed by atoms with Gasteiger partial charge in [0.1, 0.15) is 11.7 Å². The summed E-state index contributed by atoms with van der Waals surface area (Å²) in [5.41, 5.74) is 0.294. The first-order valence-electron chi connectivity index (χ1n) is 6.51. The first-order chi connectivity index (χ1) is 10.0. The largest absolute Gasteiger partial charge is 0.464 e. The number of nitrogens with zero attached hydrogens (tertiary/aromatic N) is 1. The smallest absolute Gasteiger partial charge is 0.328 e. The molecule has 0 aliphatic rings. The van der Waals surface area contributed by atoms with E-state index >= 15 is 0 Å². The van der Waals surface area contributed by atoms with Gasteiger partial charge in [0.15, 0.2) is 10.8 Å². The van der Waals surface area contributed by atoms with E-state index in [9.17, 15) is 9.59 Å². The molecule has 0 aromatic carbocycles. The van der Waals surface area contributed by atoms with Crippen LogP contribution in [0.4, 0.5) is 0 Å². The molecule has 0 bridgehead atoms. The predicted molar refractivity (Wildman–Crippen MR) is 78.1 cm³/mol. The van der Waals surface area contributed by atoms with Gasteiger partial charge in [-0.3, -0.25) is 4.79 Å². The summed E-state index contributed by atoms with van der Waals surface area (Å²) < 4.78 is 10.1. The van der Waals surface area contributed by atoms with Crippen LogP contribution in [0.25, 0.3) is 10.8 Å². The van der Waals surface area contributed by atoms with E-state index in [4.69, 9.17) is 9.15 Å². The van der Waals surface area contributed by atoms with Crippen molar-refractivity contribution < 1.29 is 18.7 Å². The van der Waals surface area contributed by atoms with E-state index in [1.807, 2.05) is 0 Å². The van der Waals surface area contributed by atoms with Crippen LogP contribution in [0.5, 0.6) is 0 Å². The number of esters is 1. The van der Waals surface area contributed by atoms with Crippen LogP contribution in [0.2, 0.25) is 0 Å². The minimum absolute atomic E-state index is 0.275. The monoisotopic (exact) mass is 308 g/mol. The Hall–Kier alpha value is -2.15. The highest BCUT2D eigenvalue weighted by Crippen LogP contribution is 2.27. The molecule has 6 nitrogen and oxygen atoms in total. The SMILES string of the molecule is CCOC(=O)C(C)NC(=O)c1nc(-c2ccco2)sc1C. The number of hydrogen-bond acceptors (Lipinski definition) is 6. The summed E-state index contributed by atoms with van der Waals surface area (Å²) in [6.45, 7) is 5.36. The zero-order chi connectivity index (χ0) is 15.4. The van der Waals surface area contributed by atoms with E-state index in [0.717, 1.165) is 4.88 Å². The van der Waals surface area contributed by atoms with Crippen molar-refractivity contribution in [1.82, 2.24) is 10.3 Å². The van der Waals surface area contributed by atoms with Gasteiger partial charge in [0.2, 0.25) is 0 Å². The second-order valence-corrected chi connectivity index (χ2v) is 5.55. The van der Waals surface area contributed by atoms with Crippen LogP contribution in [0.1, 0.15) is 29.2 Å². The Balaban J connectivity index is 2.11. The number of nitrogens with one attached hydrogen (secondary N) is 1. The van der Waals surface area contributed by atoms with Gasteiger partial charge < -0.3 is 14.5 Å². The fraction of sp³-hybridized carbons (Fsp3) is 0.357. The first kappa shape index (κ1) is 15.2. The molecule has 0 radical (unpaired) electrons. The van der Waals surface area contributed by atoms with Crippen LogP contribution in [0, 0.1) is 6.92 Å².